The molecule has 1 aromatic carbocycles. The summed E-state index contributed by atoms with van der Waals surface area (Å²) in [6.07, 6.45) is 2.59. The number of aliphatic carboxylic acids is 1. The molecule has 4 atom stereocenters. The smallest absolute Gasteiger partial charge is 0.307 e. The lowest BCUT2D eigenvalue weighted by Gasteiger charge is -2.27. The van der Waals surface area contributed by atoms with E-state index in [9.17, 15) is 19.1 Å². The second kappa shape index (κ2) is 5.30. The van der Waals surface area contributed by atoms with E-state index in [2.05, 4.69) is 5.32 Å². The zero-order chi connectivity index (χ0) is 15.1. The minimum atomic E-state index is -0.903. The third-order valence-electron chi connectivity index (χ3n) is 4.69. The minimum absolute atomic E-state index is 0.0736. The molecule has 2 saturated carbocycles. The normalized spacial score (nSPS) is 30.4. The number of carboxylic acids is 1. The van der Waals surface area contributed by atoms with Gasteiger partial charge in [0.05, 0.1) is 16.9 Å². The Balaban J connectivity index is 1.78. The van der Waals surface area contributed by atoms with Crippen LogP contribution in [0, 0.1) is 29.5 Å². The number of halogens is 2. The van der Waals surface area contributed by atoms with Crippen LogP contribution in [0.25, 0.3) is 0 Å². The first-order valence-electron chi connectivity index (χ1n) is 6.96. The molecule has 6 heteroatoms. The van der Waals surface area contributed by atoms with Crippen LogP contribution in [-0.2, 0) is 9.59 Å². The number of fused-ring (bicyclic) bond motifs is 2. The number of hydrogen-bond acceptors (Lipinski definition) is 2. The molecule has 0 spiro atoms. The Bertz CT molecular complexity index is 607. The van der Waals surface area contributed by atoms with Gasteiger partial charge in [0.15, 0.2) is 0 Å². The molecule has 0 heterocycles. The maximum Gasteiger partial charge on any atom is 0.307 e. The summed E-state index contributed by atoms with van der Waals surface area (Å²) in [5.74, 6) is -2.66. The Morgan fingerprint density at radius 3 is 2.52 bits per heavy atom. The second-order valence-corrected chi connectivity index (χ2v) is 6.25. The highest BCUT2D eigenvalue weighted by molar-refractivity contribution is 6.31. The van der Waals surface area contributed by atoms with Gasteiger partial charge in [-0.2, -0.15) is 0 Å². The van der Waals surface area contributed by atoms with Crippen LogP contribution in [0.15, 0.2) is 18.2 Å². The Morgan fingerprint density at radius 2 is 1.90 bits per heavy atom. The molecule has 21 heavy (non-hydrogen) atoms. The van der Waals surface area contributed by atoms with Gasteiger partial charge in [-0.15, -0.1) is 0 Å². The molecule has 2 fully saturated rings. The van der Waals surface area contributed by atoms with E-state index in [-0.39, 0.29) is 22.8 Å². The molecule has 3 rings (SSSR count). The van der Waals surface area contributed by atoms with Gasteiger partial charge in [-0.25, -0.2) is 4.39 Å². The van der Waals surface area contributed by atoms with Crippen molar-refractivity contribution in [3.63, 3.8) is 0 Å². The quantitative estimate of drug-likeness (QED) is 0.901. The van der Waals surface area contributed by atoms with Crippen molar-refractivity contribution in [2.45, 2.75) is 19.3 Å². The monoisotopic (exact) mass is 311 g/mol. The van der Waals surface area contributed by atoms with Crippen molar-refractivity contribution < 1.29 is 19.1 Å². The third kappa shape index (κ3) is 2.50. The molecule has 0 radical (unpaired) electrons. The summed E-state index contributed by atoms with van der Waals surface area (Å²) in [6.45, 7) is 0. The van der Waals surface area contributed by atoms with Gasteiger partial charge in [-0.1, -0.05) is 11.6 Å². The zero-order valence-electron chi connectivity index (χ0n) is 11.2. The molecule has 112 valence electrons. The Kier molecular flexibility index (Phi) is 3.61. The predicted molar refractivity (Wildman–Crippen MR) is 75.5 cm³/mol. The first-order chi connectivity index (χ1) is 9.97. The van der Waals surface area contributed by atoms with Gasteiger partial charge in [0.25, 0.3) is 0 Å². The molecule has 2 bridgehead atoms. The number of carboxylic acid groups (broad SMARTS) is 1. The van der Waals surface area contributed by atoms with Crippen LogP contribution in [0.2, 0.25) is 5.02 Å². The average Bonchev–Trinajstić information content (AvgIpc) is 3.03. The van der Waals surface area contributed by atoms with Crippen LogP contribution in [0.4, 0.5) is 10.1 Å². The maximum atomic E-state index is 13.1. The fourth-order valence-corrected chi connectivity index (χ4v) is 4.00. The van der Waals surface area contributed by atoms with Crippen molar-refractivity contribution in [3.8, 4) is 0 Å². The molecule has 2 N–H and O–H groups in total. The summed E-state index contributed by atoms with van der Waals surface area (Å²) in [5, 5.41) is 11.9. The van der Waals surface area contributed by atoms with Gasteiger partial charge in [0.1, 0.15) is 5.82 Å². The van der Waals surface area contributed by atoms with Crippen molar-refractivity contribution in [2.24, 2.45) is 23.7 Å². The lowest BCUT2D eigenvalue weighted by atomic mass is 9.78. The number of nitrogens with one attached hydrogen (secondary N) is 1. The maximum absolute atomic E-state index is 13.1. The fraction of sp³-hybridized carbons (Fsp3) is 0.467. The van der Waals surface area contributed by atoms with Crippen molar-refractivity contribution >= 4 is 29.2 Å². The third-order valence-corrected chi connectivity index (χ3v) is 4.98. The van der Waals surface area contributed by atoms with Crippen LogP contribution in [0.5, 0.6) is 0 Å². The number of rotatable bonds is 3. The van der Waals surface area contributed by atoms with E-state index in [1.54, 1.807) is 0 Å². The fourth-order valence-electron chi connectivity index (χ4n) is 3.82. The first kappa shape index (κ1) is 14.3. The van der Waals surface area contributed by atoms with Crippen LogP contribution < -0.4 is 5.32 Å². The summed E-state index contributed by atoms with van der Waals surface area (Å²) in [5.41, 5.74) is 0.387. The predicted octanol–water partition coefficient (Wildman–Crippen LogP) is 3.16. The summed E-state index contributed by atoms with van der Waals surface area (Å²) < 4.78 is 13.1. The van der Waals surface area contributed by atoms with Crippen LogP contribution >= 0.6 is 11.6 Å². The Hall–Kier alpha value is -1.62. The molecule has 0 aromatic heterocycles. The first-order valence-corrected chi connectivity index (χ1v) is 7.34. The summed E-state index contributed by atoms with van der Waals surface area (Å²) in [7, 11) is 0. The molecular weight excluding hydrogens is 297 g/mol. The standard InChI is InChI=1S/C15H15ClFNO3/c16-10-6-9(3-4-11(10)17)18-14(19)12-7-1-2-8(5-7)13(12)15(20)21/h3-4,6-8,12-13H,1-2,5H2,(H,18,19)(H,20,21). The van der Waals surface area contributed by atoms with Gasteiger partial charge in [0, 0.05) is 5.69 Å². The van der Waals surface area contributed by atoms with Gasteiger partial charge in [-0.3, -0.25) is 9.59 Å². The van der Waals surface area contributed by atoms with Crippen molar-refractivity contribution in [1.29, 1.82) is 0 Å². The van der Waals surface area contributed by atoms with E-state index in [1.165, 1.54) is 18.2 Å². The van der Waals surface area contributed by atoms with Gasteiger partial charge in [-0.05, 0) is 49.3 Å². The number of carbonyl (C=O) groups is 2. The van der Waals surface area contributed by atoms with Gasteiger partial charge >= 0.3 is 5.97 Å². The molecule has 4 nitrogen and oxygen atoms in total. The lowest BCUT2D eigenvalue weighted by Crippen LogP contribution is -2.37. The highest BCUT2D eigenvalue weighted by Crippen LogP contribution is 2.52. The van der Waals surface area contributed by atoms with Crippen LogP contribution in [-0.4, -0.2) is 17.0 Å². The van der Waals surface area contributed by atoms with E-state index in [0.717, 1.165) is 19.3 Å². The Labute approximate surface area is 126 Å². The molecule has 1 amide bonds. The number of amides is 1. The molecule has 1 aromatic rings. The van der Waals surface area contributed by atoms with Gasteiger partial charge < -0.3 is 10.4 Å². The van der Waals surface area contributed by atoms with E-state index < -0.39 is 23.6 Å². The van der Waals surface area contributed by atoms with E-state index in [1.807, 2.05) is 0 Å². The molecular formula is C15H15ClFNO3. The Morgan fingerprint density at radius 1 is 1.24 bits per heavy atom. The number of carbonyl (C=O) groups excluding carboxylic acids is 1. The van der Waals surface area contributed by atoms with Crippen molar-refractivity contribution in [1.82, 2.24) is 0 Å². The molecule has 0 saturated heterocycles. The van der Waals surface area contributed by atoms with Gasteiger partial charge in [0.2, 0.25) is 5.91 Å². The highest BCUT2D eigenvalue weighted by atomic mass is 35.5. The van der Waals surface area contributed by atoms with Crippen LogP contribution in [0.3, 0.4) is 0 Å². The minimum Gasteiger partial charge on any atom is -0.481 e. The number of hydrogen-bond donors (Lipinski definition) is 2. The van der Waals surface area contributed by atoms with Crippen molar-refractivity contribution in [3.05, 3.63) is 29.0 Å². The topological polar surface area (TPSA) is 66.4 Å². The summed E-state index contributed by atoms with van der Waals surface area (Å²) >= 11 is 5.68. The largest absolute Gasteiger partial charge is 0.481 e. The summed E-state index contributed by atoms with van der Waals surface area (Å²) in [4.78, 5) is 23.8. The molecule has 0 aliphatic heterocycles. The van der Waals surface area contributed by atoms with E-state index in [4.69, 9.17) is 11.6 Å². The van der Waals surface area contributed by atoms with Crippen LogP contribution in [0.1, 0.15) is 19.3 Å². The zero-order valence-corrected chi connectivity index (χ0v) is 11.9. The summed E-state index contributed by atoms with van der Waals surface area (Å²) in [6, 6.07) is 3.92. The average molecular weight is 312 g/mol. The lowest BCUT2D eigenvalue weighted by molar-refractivity contribution is -0.148. The number of anilines is 1. The number of benzene rings is 1. The highest BCUT2D eigenvalue weighted by Gasteiger charge is 2.53. The molecule has 2 aliphatic carbocycles. The van der Waals surface area contributed by atoms with E-state index in [0.29, 0.717) is 5.69 Å². The molecule has 4 unspecified atom stereocenters. The van der Waals surface area contributed by atoms with E-state index >= 15 is 0 Å². The second-order valence-electron chi connectivity index (χ2n) is 5.84. The molecule has 2 aliphatic rings. The SMILES string of the molecule is O=C(O)C1C2CCC(C2)C1C(=O)Nc1ccc(F)c(Cl)c1. The van der Waals surface area contributed by atoms with Crippen molar-refractivity contribution in [2.75, 3.05) is 5.32 Å².